The molecular weight excluding hydrogens is 309 g/mol. The first-order valence-corrected chi connectivity index (χ1v) is 6.13. The lowest BCUT2D eigenvalue weighted by Crippen LogP contribution is -2.26. The quantitative estimate of drug-likeness (QED) is 0.812. The fourth-order valence-corrected chi connectivity index (χ4v) is 2.61. The molecule has 1 aromatic heterocycles. The highest BCUT2D eigenvalue weighted by molar-refractivity contribution is 9.10. The molecule has 0 radical (unpaired) electrons. The number of aromatic nitrogens is 1. The Morgan fingerprint density at radius 2 is 2.00 bits per heavy atom. The lowest BCUT2D eigenvalue weighted by atomic mass is 10.2. The Morgan fingerprint density at radius 1 is 1.35 bits per heavy atom. The summed E-state index contributed by atoms with van der Waals surface area (Å²) in [7, 11) is 0. The van der Waals surface area contributed by atoms with Crippen molar-refractivity contribution in [2.45, 2.75) is 19.9 Å². The molecule has 0 bridgehead atoms. The zero-order valence-corrected chi connectivity index (χ0v) is 11.5. The molecule has 0 spiro atoms. The minimum Gasteiger partial charge on any atom is -0.372 e. The smallest absolute Gasteiger partial charge is 0.372 e. The summed E-state index contributed by atoms with van der Waals surface area (Å²) in [6.45, 7) is 3.64. The largest absolute Gasteiger partial charge is 0.422 e. The summed E-state index contributed by atoms with van der Waals surface area (Å²) in [5.74, 6) is -0.693. The molecule has 0 atom stereocenters. The van der Waals surface area contributed by atoms with Crippen LogP contribution in [-0.2, 0) is 0 Å². The molecule has 1 aromatic carbocycles. The highest BCUT2D eigenvalue weighted by atomic mass is 79.9. The molecule has 0 unspecified atom stereocenters. The van der Waals surface area contributed by atoms with Crippen molar-refractivity contribution in [3.63, 3.8) is 0 Å². The number of fused-ring (bicyclic) bond motifs is 1. The van der Waals surface area contributed by atoms with Gasteiger partial charge in [-0.05, 0) is 26.0 Å². The van der Waals surface area contributed by atoms with Crippen molar-refractivity contribution in [2.75, 3.05) is 0 Å². The average molecular weight is 319 g/mol. The predicted molar refractivity (Wildman–Crippen MR) is 69.8 cm³/mol. The van der Waals surface area contributed by atoms with Crippen LogP contribution in [0.3, 0.4) is 0 Å². The van der Waals surface area contributed by atoms with E-state index in [1.54, 1.807) is 12.1 Å². The van der Waals surface area contributed by atoms with Gasteiger partial charge in [0.1, 0.15) is 0 Å². The third-order valence-corrected chi connectivity index (χ3v) is 3.13. The fourth-order valence-electron chi connectivity index (χ4n) is 1.71. The van der Waals surface area contributed by atoms with E-state index in [0.29, 0.717) is 15.0 Å². The van der Waals surface area contributed by atoms with Gasteiger partial charge in [0.25, 0.3) is 0 Å². The Balaban J connectivity index is 3.11. The molecule has 90 valence electrons. The van der Waals surface area contributed by atoms with Crippen molar-refractivity contribution in [1.82, 2.24) is 4.57 Å². The molecule has 2 aromatic rings. The van der Waals surface area contributed by atoms with Crippen LogP contribution in [0.1, 0.15) is 19.9 Å². The van der Waals surface area contributed by atoms with Crippen LogP contribution in [0.4, 0.5) is 0 Å². The van der Waals surface area contributed by atoms with Crippen LogP contribution in [0.2, 0.25) is 5.02 Å². The molecule has 0 N–H and O–H groups in total. The summed E-state index contributed by atoms with van der Waals surface area (Å²) in [5, 5.41) is 0.630. The van der Waals surface area contributed by atoms with Gasteiger partial charge in [-0.15, -0.1) is 0 Å². The van der Waals surface area contributed by atoms with Crippen LogP contribution < -0.4 is 11.4 Å². The van der Waals surface area contributed by atoms with Crippen molar-refractivity contribution in [2.24, 2.45) is 0 Å². The summed E-state index contributed by atoms with van der Waals surface area (Å²) < 4.78 is 6.69. The minimum absolute atomic E-state index is 0.145. The van der Waals surface area contributed by atoms with Crippen LogP contribution in [-0.4, -0.2) is 4.57 Å². The van der Waals surface area contributed by atoms with Crippen molar-refractivity contribution < 1.29 is 4.42 Å². The molecule has 0 saturated heterocycles. The van der Waals surface area contributed by atoms with E-state index >= 15 is 0 Å². The monoisotopic (exact) mass is 317 g/mol. The van der Waals surface area contributed by atoms with Crippen LogP contribution >= 0.6 is 27.5 Å². The zero-order chi connectivity index (χ0) is 12.7. The van der Waals surface area contributed by atoms with Crippen LogP contribution in [0, 0.1) is 0 Å². The maximum absolute atomic E-state index is 11.7. The third kappa shape index (κ3) is 2.05. The average Bonchev–Trinajstić information content (AvgIpc) is 2.19. The number of benzene rings is 1. The molecule has 0 amide bonds. The van der Waals surface area contributed by atoms with Gasteiger partial charge in [-0.1, -0.05) is 27.5 Å². The van der Waals surface area contributed by atoms with E-state index in [9.17, 15) is 9.59 Å². The molecule has 6 heteroatoms. The molecule has 0 aliphatic rings. The molecule has 2 rings (SSSR count). The summed E-state index contributed by atoms with van der Waals surface area (Å²) >= 11 is 9.33. The standard InChI is InChI=1S/C11H9BrClNO3/c1-5(2)14-9-7(10(15)17-11(14)16)3-6(12)4-8(9)13/h3-5H,1-2H3. The lowest BCUT2D eigenvalue weighted by molar-refractivity contribution is 0.399. The molecule has 0 aliphatic carbocycles. The van der Waals surface area contributed by atoms with E-state index in [1.165, 1.54) is 4.57 Å². The summed E-state index contributed by atoms with van der Waals surface area (Å²) in [6.07, 6.45) is 0. The Morgan fingerprint density at radius 3 is 2.59 bits per heavy atom. The van der Waals surface area contributed by atoms with E-state index in [1.807, 2.05) is 13.8 Å². The highest BCUT2D eigenvalue weighted by Crippen LogP contribution is 2.26. The molecular formula is C11H9BrClNO3. The maximum atomic E-state index is 11.7. The molecule has 4 nitrogen and oxygen atoms in total. The summed E-state index contributed by atoms with van der Waals surface area (Å²) in [5.41, 5.74) is -0.267. The normalized spacial score (nSPS) is 11.4. The molecule has 0 aliphatic heterocycles. The van der Waals surface area contributed by atoms with E-state index in [0.717, 1.165) is 0 Å². The minimum atomic E-state index is -0.693. The first kappa shape index (κ1) is 12.4. The molecule has 0 saturated carbocycles. The first-order valence-electron chi connectivity index (χ1n) is 4.96. The van der Waals surface area contributed by atoms with Gasteiger partial charge in [0.2, 0.25) is 0 Å². The fraction of sp³-hybridized carbons (Fsp3) is 0.273. The van der Waals surface area contributed by atoms with Gasteiger partial charge < -0.3 is 4.42 Å². The Hall–Kier alpha value is -1.07. The van der Waals surface area contributed by atoms with Gasteiger partial charge in [0.15, 0.2) is 0 Å². The van der Waals surface area contributed by atoms with E-state index in [4.69, 9.17) is 11.6 Å². The molecule has 1 heterocycles. The second kappa shape index (κ2) is 4.31. The predicted octanol–water partition coefficient (Wildman–Crippen LogP) is 2.95. The third-order valence-electron chi connectivity index (χ3n) is 2.38. The van der Waals surface area contributed by atoms with Gasteiger partial charge in [0.05, 0.1) is 15.9 Å². The zero-order valence-electron chi connectivity index (χ0n) is 9.16. The molecule has 17 heavy (non-hydrogen) atoms. The van der Waals surface area contributed by atoms with E-state index in [2.05, 4.69) is 20.3 Å². The van der Waals surface area contributed by atoms with Crippen molar-refractivity contribution in [1.29, 1.82) is 0 Å². The van der Waals surface area contributed by atoms with Crippen LogP contribution in [0.25, 0.3) is 10.9 Å². The first-order chi connectivity index (χ1) is 7.91. The van der Waals surface area contributed by atoms with Gasteiger partial charge in [0, 0.05) is 10.5 Å². The summed E-state index contributed by atoms with van der Waals surface area (Å²) in [6, 6.07) is 3.08. The van der Waals surface area contributed by atoms with Crippen molar-refractivity contribution in [3.8, 4) is 0 Å². The van der Waals surface area contributed by atoms with Crippen LogP contribution in [0.5, 0.6) is 0 Å². The van der Waals surface area contributed by atoms with E-state index in [-0.39, 0.29) is 11.4 Å². The number of hydrogen-bond acceptors (Lipinski definition) is 3. The Kier molecular flexibility index (Phi) is 3.14. The summed E-state index contributed by atoms with van der Waals surface area (Å²) in [4.78, 5) is 23.3. The van der Waals surface area contributed by atoms with Gasteiger partial charge in [-0.25, -0.2) is 9.59 Å². The second-order valence-corrected chi connectivity index (χ2v) is 5.23. The van der Waals surface area contributed by atoms with Crippen molar-refractivity contribution >= 4 is 38.4 Å². The van der Waals surface area contributed by atoms with Gasteiger partial charge >= 0.3 is 11.4 Å². The Bertz CT molecular complexity index is 702. The molecule has 0 fully saturated rings. The topological polar surface area (TPSA) is 52.2 Å². The van der Waals surface area contributed by atoms with Gasteiger partial charge in [-0.3, -0.25) is 4.57 Å². The number of halogens is 2. The Labute approximate surface area is 110 Å². The van der Waals surface area contributed by atoms with E-state index < -0.39 is 11.4 Å². The number of hydrogen-bond donors (Lipinski definition) is 0. The van der Waals surface area contributed by atoms with Crippen molar-refractivity contribution in [3.05, 3.63) is 42.6 Å². The lowest BCUT2D eigenvalue weighted by Gasteiger charge is -2.13. The number of rotatable bonds is 1. The van der Waals surface area contributed by atoms with Crippen LogP contribution in [0.15, 0.2) is 30.6 Å². The second-order valence-electron chi connectivity index (χ2n) is 3.90. The number of nitrogens with zero attached hydrogens (tertiary/aromatic N) is 1. The highest BCUT2D eigenvalue weighted by Gasteiger charge is 2.15. The van der Waals surface area contributed by atoms with Gasteiger partial charge in [-0.2, -0.15) is 0 Å². The maximum Gasteiger partial charge on any atom is 0.422 e. The SMILES string of the molecule is CC(C)n1c(=O)oc(=O)c2cc(Br)cc(Cl)c21.